The number of amides is 2. The molecule has 1 fully saturated rings. The zero-order valence-electron chi connectivity index (χ0n) is 15.6. The molecule has 27 heavy (non-hydrogen) atoms. The summed E-state index contributed by atoms with van der Waals surface area (Å²) in [6.45, 7) is 6.08. The highest BCUT2D eigenvalue weighted by Gasteiger charge is 2.27. The summed E-state index contributed by atoms with van der Waals surface area (Å²) in [6.07, 6.45) is 2.56. The summed E-state index contributed by atoms with van der Waals surface area (Å²) in [5, 5.41) is 0. The van der Waals surface area contributed by atoms with Crippen LogP contribution in [0, 0.1) is 6.92 Å². The molecule has 0 saturated carbocycles. The highest BCUT2D eigenvalue weighted by Crippen LogP contribution is 2.22. The number of piperazine rings is 1. The van der Waals surface area contributed by atoms with Crippen LogP contribution in [0.1, 0.15) is 22.8 Å². The molecular formula is C20H24N4O3. The van der Waals surface area contributed by atoms with Crippen molar-refractivity contribution in [3.63, 3.8) is 0 Å². The van der Waals surface area contributed by atoms with Crippen LogP contribution in [0.5, 0.6) is 5.75 Å². The lowest BCUT2D eigenvalue weighted by molar-refractivity contribution is -0.138. The number of nitrogens with zero attached hydrogens (tertiary/aromatic N) is 3. The molecule has 3 rings (SSSR count). The van der Waals surface area contributed by atoms with E-state index in [2.05, 4.69) is 9.88 Å². The molecule has 1 aliphatic heterocycles. The Hall–Kier alpha value is -3.09. The third kappa shape index (κ3) is 4.19. The Bertz CT molecular complexity index is 831. The number of carbonyl (C=O) groups is 2. The number of benzene rings is 1. The van der Waals surface area contributed by atoms with E-state index in [1.165, 1.54) is 6.20 Å². The number of para-hydroxylation sites is 1. The minimum absolute atomic E-state index is 0.0391. The summed E-state index contributed by atoms with van der Waals surface area (Å²) >= 11 is 0. The summed E-state index contributed by atoms with van der Waals surface area (Å²) in [5.74, 6) is 0.180. The number of ether oxygens (including phenoxy) is 1. The maximum absolute atomic E-state index is 12.7. The summed E-state index contributed by atoms with van der Waals surface area (Å²) in [4.78, 5) is 32.1. The van der Waals surface area contributed by atoms with Crippen LogP contribution in [0.3, 0.4) is 0 Å². The van der Waals surface area contributed by atoms with Gasteiger partial charge in [-0.05, 0) is 31.5 Å². The number of nitrogens with two attached hydrogens (primary N) is 1. The fourth-order valence-corrected chi connectivity index (χ4v) is 3.21. The van der Waals surface area contributed by atoms with Gasteiger partial charge in [-0.15, -0.1) is 0 Å². The standard InChI is InChI=1S/C20H24N4O3/c1-14-5-3-4-6-18(14)27-15(2)20(26)24-11-9-23(10-12-24)17-7-8-22-13-16(17)19(21)25/h3-8,13,15H,9-12H2,1-2H3,(H2,21,25). The van der Waals surface area contributed by atoms with E-state index in [9.17, 15) is 9.59 Å². The number of anilines is 1. The second kappa shape index (κ2) is 8.07. The zero-order valence-corrected chi connectivity index (χ0v) is 15.6. The highest BCUT2D eigenvalue weighted by atomic mass is 16.5. The van der Waals surface area contributed by atoms with E-state index in [0.29, 0.717) is 31.7 Å². The summed E-state index contributed by atoms with van der Waals surface area (Å²) in [5.41, 5.74) is 7.59. The number of pyridine rings is 1. The lowest BCUT2D eigenvalue weighted by Gasteiger charge is -2.37. The van der Waals surface area contributed by atoms with E-state index >= 15 is 0 Å². The first-order chi connectivity index (χ1) is 13.0. The van der Waals surface area contributed by atoms with Gasteiger partial charge in [0.25, 0.3) is 11.8 Å². The smallest absolute Gasteiger partial charge is 0.263 e. The number of aryl methyl sites for hydroxylation is 1. The van der Waals surface area contributed by atoms with E-state index < -0.39 is 12.0 Å². The molecule has 0 radical (unpaired) electrons. The van der Waals surface area contributed by atoms with E-state index in [0.717, 1.165) is 17.0 Å². The van der Waals surface area contributed by atoms with E-state index in [4.69, 9.17) is 10.5 Å². The first kappa shape index (κ1) is 18.7. The molecule has 1 aliphatic rings. The van der Waals surface area contributed by atoms with E-state index in [-0.39, 0.29) is 5.91 Å². The number of hydrogen-bond acceptors (Lipinski definition) is 5. The normalized spacial score (nSPS) is 15.3. The van der Waals surface area contributed by atoms with Crippen molar-refractivity contribution in [1.29, 1.82) is 0 Å². The first-order valence-corrected chi connectivity index (χ1v) is 8.97. The van der Waals surface area contributed by atoms with Gasteiger partial charge in [-0.25, -0.2) is 0 Å². The molecule has 1 unspecified atom stereocenters. The minimum atomic E-state index is -0.556. The second-order valence-electron chi connectivity index (χ2n) is 6.59. The Morgan fingerprint density at radius 1 is 1.15 bits per heavy atom. The van der Waals surface area contributed by atoms with Gasteiger partial charge in [-0.1, -0.05) is 18.2 Å². The SMILES string of the molecule is Cc1ccccc1OC(C)C(=O)N1CCN(c2ccncc2C(N)=O)CC1. The van der Waals surface area contributed by atoms with Gasteiger partial charge in [0.2, 0.25) is 0 Å². The summed E-state index contributed by atoms with van der Waals surface area (Å²) in [7, 11) is 0. The van der Waals surface area contributed by atoms with Crippen molar-refractivity contribution in [1.82, 2.24) is 9.88 Å². The lowest BCUT2D eigenvalue weighted by atomic mass is 10.1. The number of primary amides is 1. The Labute approximate surface area is 158 Å². The van der Waals surface area contributed by atoms with Crippen LogP contribution in [-0.4, -0.2) is 54.0 Å². The zero-order chi connectivity index (χ0) is 19.4. The Kier molecular flexibility index (Phi) is 5.59. The molecule has 2 heterocycles. The van der Waals surface area contributed by atoms with Crippen LogP contribution in [0.2, 0.25) is 0 Å². The first-order valence-electron chi connectivity index (χ1n) is 8.97. The molecule has 7 nitrogen and oxygen atoms in total. The molecule has 1 aromatic carbocycles. The van der Waals surface area contributed by atoms with Gasteiger partial charge in [0, 0.05) is 38.6 Å². The topological polar surface area (TPSA) is 88.8 Å². The molecule has 0 aliphatic carbocycles. The Morgan fingerprint density at radius 2 is 1.85 bits per heavy atom. The van der Waals surface area contributed by atoms with Gasteiger partial charge < -0.3 is 20.3 Å². The molecule has 2 N–H and O–H groups in total. The van der Waals surface area contributed by atoms with Gasteiger partial charge in [0.05, 0.1) is 11.3 Å². The van der Waals surface area contributed by atoms with Crippen molar-refractivity contribution in [2.75, 3.05) is 31.1 Å². The second-order valence-corrected chi connectivity index (χ2v) is 6.59. The van der Waals surface area contributed by atoms with Crippen LogP contribution >= 0.6 is 0 Å². The number of carbonyl (C=O) groups excluding carboxylic acids is 2. The average Bonchev–Trinajstić information content (AvgIpc) is 2.69. The Morgan fingerprint density at radius 3 is 2.52 bits per heavy atom. The molecule has 142 valence electrons. The van der Waals surface area contributed by atoms with Crippen molar-refractivity contribution < 1.29 is 14.3 Å². The van der Waals surface area contributed by atoms with Crippen molar-refractivity contribution in [2.45, 2.75) is 20.0 Å². The van der Waals surface area contributed by atoms with Crippen LogP contribution in [-0.2, 0) is 4.79 Å². The maximum Gasteiger partial charge on any atom is 0.263 e. The fourth-order valence-electron chi connectivity index (χ4n) is 3.21. The van der Waals surface area contributed by atoms with Crippen molar-refractivity contribution in [2.24, 2.45) is 5.73 Å². The van der Waals surface area contributed by atoms with Gasteiger partial charge in [-0.2, -0.15) is 0 Å². The van der Waals surface area contributed by atoms with Gasteiger partial charge in [-0.3, -0.25) is 14.6 Å². The third-order valence-electron chi connectivity index (χ3n) is 4.74. The van der Waals surface area contributed by atoms with Crippen molar-refractivity contribution in [3.05, 3.63) is 53.9 Å². The van der Waals surface area contributed by atoms with Gasteiger partial charge >= 0.3 is 0 Å². The number of rotatable bonds is 5. The molecule has 0 bridgehead atoms. The van der Waals surface area contributed by atoms with Crippen molar-refractivity contribution in [3.8, 4) is 5.75 Å². The maximum atomic E-state index is 12.7. The summed E-state index contributed by atoms with van der Waals surface area (Å²) in [6, 6.07) is 9.43. The summed E-state index contributed by atoms with van der Waals surface area (Å²) < 4.78 is 5.85. The molecule has 0 spiro atoms. The van der Waals surface area contributed by atoms with Crippen LogP contribution in [0.15, 0.2) is 42.7 Å². The van der Waals surface area contributed by atoms with Crippen LogP contribution in [0.25, 0.3) is 0 Å². The predicted molar refractivity (Wildman–Crippen MR) is 103 cm³/mol. The largest absolute Gasteiger partial charge is 0.481 e. The van der Waals surface area contributed by atoms with Crippen LogP contribution < -0.4 is 15.4 Å². The average molecular weight is 368 g/mol. The van der Waals surface area contributed by atoms with Gasteiger partial charge in [0.1, 0.15) is 5.75 Å². The predicted octanol–water partition coefficient (Wildman–Crippen LogP) is 1.61. The molecule has 2 amide bonds. The van der Waals surface area contributed by atoms with E-state index in [1.807, 2.05) is 31.2 Å². The fraction of sp³-hybridized carbons (Fsp3) is 0.350. The van der Waals surface area contributed by atoms with Crippen molar-refractivity contribution >= 4 is 17.5 Å². The monoisotopic (exact) mass is 368 g/mol. The molecule has 7 heteroatoms. The number of hydrogen-bond donors (Lipinski definition) is 1. The quantitative estimate of drug-likeness (QED) is 0.866. The number of aromatic nitrogens is 1. The van der Waals surface area contributed by atoms with E-state index in [1.54, 1.807) is 24.1 Å². The molecule has 1 atom stereocenters. The molecule has 1 saturated heterocycles. The molecular weight excluding hydrogens is 344 g/mol. The Balaban J connectivity index is 1.61. The molecule has 1 aromatic heterocycles. The van der Waals surface area contributed by atoms with Gasteiger partial charge in [0.15, 0.2) is 6.10 Å². The minimum Gasteiger partial charge on any atom is -0.481 e. The highest BCUT2D eigenvalue weighted by molar-refractivity contribution is 5.98. The van der Waals surface area contributed by atoms with Crippen LogP contribution in [0.4, 0.5) is 5.69 Å². The lowest BCUT2D eigenvalue weighted by Crippen LogP contribution is -2.52. The molecule has 2 aromatic rings. The third-order valence-corrected chi connectivity index (χ3v) is 4.74.